The highest BCUT2D eigenvalue weighted by molar-refractivity contribution is 5.94. The first-order valence-corrected chi connectivity index (χ1v) is 8.40. The van der Waals surface area contributed by atoms with Crippen LogP contribution in [0.25, 0.3) is 0 Å². The molecule has 0 saturated carbocycles. The fourth-order valence-electron chi connectivity index (χ4n) is 2.26. The molecule has 0 aromatic heterocycles. The second-order valence-electron chi connectivity index (χ2n) is 5.94. The molecule has 1 aromatic rings. The summed E-state index contributed by atoms with van der Waals surface area (Å²) in [6.07, 6.45) is 1.07. The third kappa shape index (κ3) is 6.42. The third-order valence-electron chi connectivity index (χ3n) is 4.03. The molecule has 144 valence electrons. The van der Waals surface area contributed by atoms with E-state index in [1.807, 2.05) is 13.8 Å². The second-order valence-corrected chi connectivity index (χ2v) is 5.94. The van der Waals surface area contributed by atoms with Crippen molar-refractivity contribution in [1.82, 2.24) is 10.6 Å². The molecule has 6 nitrogen and oxygen atoms in total. The lowest BCUT2D eigenvalue weighted by atomic mass is 9.99. The van der Waals surface area contributed by atoms with Gasteiger partial charge in [0.25, 0.3) is 5.91 Å². The molecule has 26 heavy (non-hydrogen) atoms. The van der Waals surface area contributed by atoms with Crippen LogP contribution < -0.4 is 10.6 Å². The van der Waals surface area contributed by atoms with E-state index >= 15 is 0 Å². The number of ether oxygens (including phenoxy) is 1. The lowest BCUT2D eigenvalue weighted by Gasteiger charge is -2.21. The number of esters is 1. The van der Waals surface area contributed by atoms with E-state index in [4.69, 9.17) is 0 Å². The Kier molecular flexibility index (Phi) is 8.67. The van der Waals surface area contributed by atoms with Crippen molar-refractivity contribution in [2.45, 2.75) is 39.2 Å². The highest BCUT2D eigenvalue weighted by atomic mass is 19.1. The molecule has 8 heteroatoms. The first-order valence-electron chi connectivity index (χ1n) is 8.40. The zero-order chi connectivity index (χ0) is 19.7. The van der Waals surface area contributed by atoms with Crippen molar-refractivity contribution in [3.05, 3.63) is 35.4 Å². The van der Waals surface area contributed by atoms with Gasteiger partial charge in [-0.25, -0.2) is 13.6 Å². The molecule has 1 aromatic carbocycles. The molecule has 0 radical (unpaired) electrons. The van der Waals surface area contributed by atoms with Gasteiger partial charge in [-0.1, -0.05) is 20.3 Å². The molecule has 0 aliphatic heterocycles. The Morgan fingerprint density at radius 2 is 1.92 bits per heavy atom. The first kappa shape index (κ1) is 21.5. The van der Waals surface area contributed by atoms with Gasteiger partial charge in [0.1, 0.15) is 17.7 Å². The summed E-state index contributed by atoms with van der Waals surface area (Å²) in [5.74, 6) is -3.33. The molecular formula is C18H24F2N2O4. The third-order valence-corrected chi connectivity index (χ3v) is 4.03. The summed E-state index contributed by atoms with van der Waals surface area (Å²) >= 11 is 0. The Hall–Kier alpha value is -2.51. The van der Waals surface area contributed by atoms with Crippen LogP contribution in [-0.2, 0) is 14.3 Å². The second kappa shape index (κ2) is 10.5. The van der Waals surface area contributed by atoms with Crippen LogP contribution in [0.1, 0.15) is 43.5 Å². The van der Waals surface area contributed by atoms with Crippen LogP contribution in [-0.4, -0.2) is 37.5 Å². The standard InChI is InChI=1S/C18H24F2N2O4/c1-4-11(2)16(18(25)26-3)22-15(23)6-5-9-21-17(24)13-8-7-12(19)10-14(13)20/h7-8,10-11,16H,4-6,9H2,1-3H3,(H,21,24)(H,22,23). The van der Waals surface area contributed by atoms with Gasteiger partial charge in [0, 0.05) is 19.0 Å². The highest BCUT2D eigenvalue weighted by Crippen LogP contribution is 2.10. The summed E-state index contributed by atoms with van der Waals surface area (Å²) in [6, 6.07) is 1.96. The van der Waals surface area contributed by atoms with E-state index in [2.05, 4.69) is 15.4 Å². The van der Waals surface area contributed by atoms with Gasteiger partial charge in [0.05, 0.1) is 12.7 Å². The van der Waals surface area contributed by atoms with Crippen molar-refractivity contribution < 1.29 is 27.9 Å². The van der Waals surface area contributed by atoms with Gasteiger partial charge in [0.15, 0.2) is 0 Å². The number of benzene rings is 1. The summed E-state index contributed by atoms with van der Waals surface area (Å²) in [6.45, 7) is 3.87. The average Bonchev–Trinajstić information content (AvgIpc) is 2.61. The van der Waals surface area contributed by atoms with E-state index in [9.17, 15) is 23.2 Å². The number of methoxy groups -OCH3 is 1. The fourth-order valence-corrected chi connectivity index (χ4v) is 2.26. The summed E-state index contributed by atoms with van der Waals surface area (Å²) in [5.41, 5.74) is -0.265. The van der Waals surface area contributed by atoms with Crippen LogP contribution in [0, 0.1) is 17.6 Å². The van der Waals surface area contributed by atoms with Gasteiger partial charge >= 0.3 is 5.97 Å². The number of halogens is 2. The summed E-state index contributed by atoms with van der Waals surface area (Å²) in [4.78, 5) is 35.5. The van der Waals surface area contributed by atoms with Crippen LogP contribution in [0.5, 0.6) is 0 Å². The smallest absolute Gasteiger partial charge is 0.328 e. The van der Waals surface area contributed by atoms with E-state index < -0.39 is 29.6 Å². The number of hydrogen-bond acceptors (Lipinski definition) is 4. The molecule has 0 aliphatic rings. The monoisotopic (exact) mass is 370 g/mol. The maximum absolute atomic E-state index is 13.5. The Morgan fingerprint density at radius 3 is 2.50 bits per heavy atom. The van der Waals surface area contributed by atoms with E-state index in [0.29, 0.717) is 18.9 Å². The maximum atomic E-state index is 13.5. The number of hydrogen-bond donors (Lipinski definition) is 2. The molecule has 2 N–H and O–H groups in total. The van der Waals surface area contributed by atoms with Gasteiger partial charge in [-0.2, -0.15) is 0 Å². The number of amides is 2. The number of nitrogens with one attached hydrogen (secondary N) is 2. The molecule has 2 amide bonds. The average molecular weight is 370 g/mol. The Bertz CT molecular complexity index is 652. The maximum Gasteiger partial charge on any atom is 0.328 e. The molecule has 0 spiro atoms. The summed E-state index contributed by atoms with van der Waals surface area (Å²) in [7, 11) is 1.26. The number of rotatable bonds is 9. The van der Waals surface area contributed by atoms with E-state index in [-0.39, 0.29) is 30.4 Å². The zero-order valence-corrected chi connectivity index (χ0v) is 15.1. The lowest BCUT2D eigenvalue weighted by molar-refractivity contribution is -0.146. The van der Waals surface area contributed by atoms with E-state index in [1.54, 1.807) is 0 Å². The minimum Gasteiger partial charge on any atom is -0.467 e. The lowest BCUT2D eigenvalue weighted by Crippen LogP contribution is -2.45. The predicted molar refractivity (Wildman–Crippen MR) is 91.3 cm³/mol. The van der Waals surface area contributed by atoms with E-state index in [1.165, 1.54) is 7.11 Å². The molecule has 1 rings (SSSR count). The number of carbonyl (C=O) groups is 3. The van der Waals surface area contributed by atoms with Crippen LogP contribution in [0.3, 0.4) is 0 Å². The van der Waals surface area contributed by atoms with Crippen molar-refractivity contribution in [2.24, 2.45) is 5.92 Å². The summed E-state index contributed by atoms with van der Waals surface area (Å²) in [5, 5.41) is 5.09. The van der Waals surface area contributed by atoms with Gasteiger partial charge in [-0.3, -0.25) is 9.59 Å². The van der Waals surface area contributed by atoms with Crippen LogP contribution >= 0.6 is 0 Å². The van der Waals surface area contributed by atoms with Crippen molar-refractivity contribution in [3.63, 3.8) is 0 Å². The quantitative estimate of drug-likeness (QED) is 0.515. The molecule has 2 unspecified atom stereocenters. The van der Waals surface area contributed by atoms with Gasteiger partial charge in [0.2, 0.25) is 5.91 Å². The molecule has 0 fully saturated rings. The predicted octanol–water partition coefficient (Wildman–Crippen LogP) is 2.18. The molecular weight excluding hydrogens is 346 g/mol. The van der Waals surface area contributed by atoms with Crippen LogP contribution in [0.2, 0.25) is 0 Å². The molecule has 0 saturated heterocycles. The zero-order valence-electron chi connectivity index (χ0n) is 15.1. The summed E-state index contributed by atoms with van der Waals surface area (Å²) < 4.78 is 31.0. The molecule has 2 atom stereocenters. The van der Waals surface area contributed by atoms with Gasteiger partial charge in [-0.15, -0.1) is 0 Å². The minimum absolute atomic E-state index is 0.0763. The highest BCUT2D eigenvalue weighted by Gasteiger charge is 2.26. The normalized spacial score (nSPS) is 12.8. The molecule has 0 aliphatic carbocycles. The van der Waals surface area contributed by atoms with Crippen molar-refractivity contribution in [2.75, 3.05) is 13.7 Å². The van der Waals surface area contributed by atoms with E-state index in [0.717, 1.165) is 12.1 Å². The number of carbonyl (C=O) groups excluding carboxylic acids is 3. The van der Waals surface area contributed by atoms with Crippen LogP contribution in [0.4, 0.5) is 8.78 Å². The Balaban J connectivity index is 2.43. The Morgan fingerprint density at radius 1 is 1.23 bits per heavy atom. The largest absolute Gasteiger partial charge is 0.467 e. The topological polar surface area (TPSA) is 84.5 Å². The Labute approximate surface area is 151 Å². The van der Waals surface area contributed by atoms with Gasteiger partial charge in [-0.05, 0) is 24.5 Å². The van der Waals surface area contributed by atoms with Crippen molar-refractivity contribution in [3.8, 4) is 0 Å². The van der Waals surface area contributed by atoms with Crippen LogP contribution in [0.15, 0.2) is 18.2 Å². The molecule has 0 heterocycles. The van der Waals surface area contributed by atoms with Crippen molar-refractivity contribution in [1.29, 1.82) is 0 Å². The van der Waals surface area contributed by atoms with Crippen molar-refractivity contribution >= 4 is 17.8 Å². The minimum atomic E-state index is -0.949. The fraction of sp³-hybridized carbons (Fsp3) is 0.500. The first-order chi connectivity index (χ1) is 12.3. The van der Waals surface area contributed by atoms with Gasteiger partial charge < -0.3 is 15.4 Å². The molecule has 0 bridgehead atoms. The SMILES string of the molecule is CCC(C)C(NC(=O)CCCNC(=O)c1ccc(F)cc1F)C(=O)OC.